The fourth-order valence-corrected chi connectivity index (χ4v) is 2.75. The number of hydrogen-bond acceptors (Lipinski definition) is 2. The Balaban J connectivity index is 2.11. The van der Waals surface area contributed by atoms with Crippen molar-refractivity contribution in [3.05, 3.63) is 29.8 Å². The van der Waals surface area contributed by atoms with Gasteiger partial charge in [-0.15, -0.1) is 0 Å². The van der Waals surface area contributed by atoms with Crippen LogP contribution in [0, 0.1) is 0 Å². The maximum Gasteiger partial charge on any atom is 0.118 e. The molecule has 0 aliphatic carbocycles. The van der Waals surface area contributed by atoms with Gasteiger partial charge in [-0.2, -0.15) is 0 Å². The molecule has 1 aromatic rings. The van der Waals surface area contributed by atoms with Crippen molar-refractivity contribution in [2.75, 3.05) is 20.2 Å². The minimum absolute atomic E-state index is 0.620. The van der Waals surface area contributed by atoms with E-state index in [2.05, 4.69) is 36.1 Å². The van der Waals surface area contributed by atoms with Gasteiger partial charge in [0.2, 0.25) is 0 Å². The third-order valence-corrected chi connectivity index (χ3v) is 3.63. The first-order valence-electron chi connectivity index (χ1n) is 6.73. The molecule has 2 heteroatoms. The molecule has 17 heavy (non-hydrogen) atoms. The van der Waals surface area contributed by atoms with Gasteiger partial charge in [-0.25, -0.2) is 0 Å². The number of benzene rings is 1. The Morgan fingerprint density at radius 1 is 1.24 bits per heavy atom. The normalized spacial score (nSPS) is 21.4. The van der Waals surface area contributed by atoms with E-state index in [9.17, 15) is 0 Å². The fourth-order valence-electron chi connectivity index (χ4n) is 2.75. The van der Waals surface area contributed by atoms with E-state index in [-0.39, 0.29) is 0 Å². The standard InChI is InChI=1S/C15H23NO/c1-3-11-16-12-5-4-6-15(16)13-7-9-14(17-2)10-8-13/h7-10,15H,3-6,11-12H2,1-2H3. The van der Waals surface area contributed by atoms with E-state index < -0.39 is 0 Å². The van der Waals surface area contributed by atoms with Crippen LogP contribution in [0.1, 0.15) is 44.2 Å². The summed E-state index contributed by atoms with van der Waals surface area (Å²) in [6.45, 7) is 4.74. The zero-order valence-corrected chi connectivity index (χ0v) is 11.0. The minimum Gasteiger partial charge on any atom is -0.497 e. The molecule has 1 fully saturated rings. The van der Waals surface area contributed by atoms with E-state index in [0.717, 1.165) is 5.75 Å². The molecule has 1 atom stereocenters. The number of rotatable bonds is 4. The van der Waals surface area contributed by atoms with E-state index in [4.69, 9.17) is 4.74 Å². The maximum absolute atomic E-state index is 5.22. The van der Waals surface area contributed by atoms with Crippen LogP contribution < -0.4 is 4.74 Å². The molecule has 2 nitrogen and oxygen atoms in total. The highest BCUT2D eigenvalue weighted by Crippen LogP contribution is 2.31. The van der Waals surface area contributed by atoms with Gasteiger partial charge in [0.1, 0.15) is 5.75 Å². The maximum atomic E-state index is 5.22. The van der Waals surface area contributed by atoms with Crippen LogP contribution in [-0.4, -0.2) is 25.1 Å². The van der Waals surface area contributed by atoms with Gasteiger partial charge >= 0.3 is 0 Å². The van der Waals surface area contributed by atoms with Crippen molar-refractivity contribution < 1.29 is 4.74 Å². The minimum atomic E-state index is 0.620. The van der Waals surface area contributed by atoms with Gasteiger partial charge in [0.05, 0.1) is 7.11 Å². The van der Waals surface area contributed by atoms with Crippen LogP contribution in [-0.2, 0) is 0 Å². The second-order valence-electron chi connectivity index (χ2n) is 4.82. The lowest BCUT2D eigenvalue weighted by Gasteiger charge is -2.35. The average molecular weight is 233 g/mol. The molecule has 0 bridgehead atoms. The van der Waals surface area contributed by atoms with Gasteiger partial charge in [0, 0.05) is 6.04 Å². The summed E-state index contributed by atoms with van der Waals surface area (Å²) in [5, 5.41) is 0. The fraction of sp³-hybridized carbons (Fsp3) is 0.600. The van der Waals surface area contributed by atoms with E-state index in [1.165, 1.54) is 44.3 Å². The summed E-state index contributed by atoms with van der Waals surface area (Å²) >= 11 is 0. The molecule has 0 radical (unpaired) electrons. The highest BCUT2D eigenvalue weighted by molar-refractivity contribution is 5.29. The summed E-state index contributed by atoms with van der Waals surface area (Å²) in [7, 11) is 1.72. The van der Waals surface area contributed by atoms with E-state index in [0.29, 0.717) is 6.04 Å². The molecule has 1 heterocycles. The lowest BCUT2D eigenvalue weighted by atomic mass is 9.95. The van der Waals surface area contributed by atoms with Crippen LogP contribution in [0.4, 0.5) is 0 Å². The number of likely N-dealkylation sites (tertiary alicyclic amines) is 1. The molecule has 0 N–H and O–H groups in total. The molecular weight excluding hydrogens is 210 g/mol. The second-order valence-corrected chi connectivity index (χ2v) is 4.82. The Bertz CT molecular complexity index is 331. The topological polar surface area (TPSA) is 12.5 Å². The number of piperidine rings is 1. The molecule has 0 saturated carbocycles. The summed E-state index contributed by atoms with van der Waals surface area (Å²) < 4.78 is 5.22. The molecule has 0 aromatic heterocycles. The average Bonchev–Trinajstić information content (AvgIpc) is 2.40. The number of ether oxygens (including phenoxy) is 1. The predicted octanol–water partition coefficient (Wildman–Crippen LogP) is 3.63. The molecule has 0 spiro atoms. The van der Waals surface area contributed by atoms with Gasteiger partial charge in [-0.05, 0) is 50.0 Å². The molecule has 2 rings (SSSR count). The molecule has 0 amide bonds. The molecule has 1 saturated heterocycles. The lowest BCUT2D eigenvalue weighted by Crippen LogP contribution is -2.33. The summed E-state index contributed by atoms with van der Waals surface area (Å²) in [6.07, 6.45) is 5.25. The molecular formula is C15H23NO. The molecule has 94 valence electrons. The Morgan fingerprint density at radius 3 is 2.65 bits per heavy atom. The summed E-state index contributed by atoms with van der Waals surface area (Å²) in [4.78, 5) is 2.63. The van der Waals surface area contributed by atoms with Gasteiger partial charge in [0.15, 0.2) is 0 Å². The number of methoxy groups -OCH3 is 1. The van der Waals surface area contributed by atoms with E-state index in [1.54, 1.807) is 7.11 Å². The molecule has 1 unspecified atom stereocenters. The highest BCUT2D eigenvalue weighted by atomic mass is 16.5. The van der Waals surface area contributed by atoms with Crippen molar-refractivity contribution in [2.24, 2.45) is 0 Å². The second kappa shape index (κ2) is 6.06. The zero-order chi connectivity index (χ0) is 12.1. The van der Waals surface area contributed by atoms with Crippen LogP contribution >= 0.6 is 0 Å². The lowest BCUT2D eigenvalue weighted by molar-refractivity contribution is 0.149. The van der Waals surface area contributed by atoms with E-state index >= 15 is 0 Å². The highest BCUT2D eigenvalue weighted by Gasteiger charge is 2.22. The van der Waals surface area contributed by atoms with Crippen LogP contribution in [0.3, 0.4) is 0 Å². The first kappa shape index (κ1) is 12.4. The van der Waals surface area contributed by atoms with Gasteiger partial charge < -0.3 is 4.74 Å². The van der Waals surface area contributed by atoms with Crippen LogP contribution in [0.15, 0.2) is 24.3 Å². The number of hydrogen-bond donors (Lipinski definition) is 0. The van der Waals surface area contributed by atoms with E-state index in [1.807, 2.05) is 0 Å². The summed E-state index contributed by atoms with van der Waals surface area (Å²) in [5.74, 6) is 0.951. The molecule has 1 aromatic carbocycles. The predicted molar refractivity (Wildman–Crippen MR) is 71.5 cm³/mol. The van der Waals surface area contributed by atoms with Crippen LogP contribution in [0.25, 0.3) is 0 Å². The van der Waals surface area contributed by atoms with Crippen molar-refractivity contribution in [1.82, 2.24) is 4.90 Å². The van der Waals surface area contributed by atoms with Gasteiger partial charge in [-0.1, -0.05) is 25.5 Å². The Morgan fingerprint density at radius 2 is 2.00 bits per heavy atom. The quantitative estimate of drug-likeness (QED) is 0.787. The van der Waals surface area contributed by atoms with Gasteiger partial charge in [-0.3, -0.25) is 4.90 Å². The Hall–Kier alpha value is -1.02. The zero-order valence-electron chi connectivity index (χ0n) is 11.0. The first-order chi connectivity index (χ1) is 8.35. The third kappa shape index (κ3) is 3.01. The van der Waals surface area contributed by atoms with Crippen molar-refractivity contribution >= 4 is 0 Å². The van der Waals surface area contributed by atoms with Crippen LogP contribution in [0.5, 0.6) is 5.75 Å². The van der Waals surface area contributed by atoms with Crippen molar-refractivity contribution in [3.8, 4) is 5.75 Å². The molecule has 1 aliphatic heterocycles. The summed E-state index contributed by atoms with van der Waals surface area (Å²) in [6, 6.07) is 9.21. The SMILES string of the molecule is CCCN1CCCCC1c1ccc(OC)cc1. The summed E-state index contributed by atoms with van der Waals surface area (Å²) in [5.41, 5.74) is 1.44. The largest absolute Gasteiger partial charge is 0.497 e. The first-order valence-corrected chi connectivity index (χ1v) is 6.73. The third-order valence-electron chi connectivity index (χ3n) is 3.63. The van der Waals surface area contributed by atoms with Crippen LogP contribution in [0.2, 0.25) is 0 Å². The van der Waals surface area contributed by atoms with Crippen molar-refractivity contribution in [1.29, 1.82) is 0 Å². The Labute approximate surface area is 105 Å². The monoisotopic (exact) mass is 233 g/mol. The van der Waals surface area contributed by atoms with Crippen molar-refractivity contribution in [2.45, 2.75) is 38.6 Å². The van der Waals surface area contributed by atoms with Crippen molar-refractivity contribution in [3.63, 3.8) is 0 Å². The smallest absolute Gasteiger partial charge is 0.118 e. The molecule has 1 aliphatic rings. The number of nitrogens with zero attached hydrogens (tertiary/aromatic N) is 1. The van der Waals surface area contributed by atoms with Gasteiger partial charge in [0.25, 0.3) is 0 Å². The Kier molecular flexibility index (Phi) is 4.43.